The van der Waals surface area contributed by atoms with E-state index in [0.717, 1.165) is 26.2 Å². The minimum atomic E-state index is -0.758. The molecule has 2 N–H and O–H groups in total. The molecule has 0 unspecified atom stereocenters. The van der Waals surface area contributed by atoms with E-state index in [0.29, 0.717) is 12.6 Å². The summed E-state index contributed by atoms with van der Waals surface area (Å²) in [6, 6.07) is 0.181. The standard InChI is InChI=1S/C12H22N4O2.ClH/c1-9-8-13-4-5-15(9)6-7-16-10(17)12(2,3)14-11(16)18;/h9,13H,4-8H2,1-3H3,(H,14,18);1H/t9-;/m1./s1. The number of nitrogens with zero attached hydrogens (tertiary/aromatic N) is 2. The summed E-state index contributed by atoms with van der Waals surface area (Å²) >= 11 is 0. The van der Waals surface area contributed by atoms with Gasteiger partial charge in [-0.2, -0.15) is 0 Å². The zero-order valence-electron chi connectivity index (χ0n) is 11.7. The van der Waals surface area contributed by atoms with Crippen LogP contribution < -0.4 is 10.6 Å². The zero-order valence-corrected chi connectivity index (χ0v) is 12.5. The Balaban J connectivity index is 0.00000180. The summed E-state index contributed by atoms with van der Waals surface area (Å²) in [6.07, 6.45) is 0. The summed E-state index contributed by atoms with van der Waals surface area (Å²) < 4.78 is 0. The van der Waals surface area contributed by atoms with Crippen LogP contribution in [0.15, 0.2) is 0 Å². The normalized spacial score (nSPS) is 27.1. The Morgan fingerprint density at radius 2 is 2.00 bits per heavy atom. The van der Waals surface area contributed by atoms with E-state index < -0.39 is 5.54 Å². The predicted molar refractivity (Wildman–Crippen MR) is 75.5 cm³/mol. The molecule has 0 aliphatic carbocycles. The van der Waals surface area contributed by atoms with Gasteiger partial charge in [-0.05, 0) is 20.8 Å². The van der Waals surface area contributed by atoms with E-state index in [4.69, 9.17) is 0 Å². The van der Waals surface area contributed by atoms with Crippen molar-refractivity contribution in [2.45, 2.75) is 32.4 Å². The number of hydrogen-bond acceptors (Lipinski definition) is 4. The van der Waals surface area contributed by atoms with Crippen LogP contribution in [0.5, 0.6) is 0 Å². The lowest BCUT2D eigenvalue weighted by molar-refractivity contribution is -0.130. The van der Waals surface area contributed by atoms with E-state index in [1.807, 2.05) is 0 Å². The van der Waals surface area contributed by atoms with Gasteiger partial charge in [0.25, 0.3) is 5.91 Å². The number of urea groups is 1. The minimum absolute atomic E-state index is 0. The second-order valence-electron chi connectivity index (χ2n) is 5.60. The highest BCUT2D eigenvalue weighted by molar-refractivity contribution is 6.06. The van der Waals surface area contributed by atoms with Crippen molar-refractivity contribution in [1.82, 2.24) is 20.4 Å². The molecule has 2 heterocycles. The molecule has 0 saturated carbocycles. The van der Waals surface area contributed by atoms with Crippen molar-refractivity contribution < 1.29 is 9.59 Å². The molecule has 2 saturated heterocycles. The van der Waals surface area contributed by atoms with Crippen molar-refractivity contribution in [3.05, 3.63) is 0 Å². The second kappa shape index (κ2) is 6.07. The van der Waals surface area contributed by atoms with Gasteiger partial charge in [0.05, 0.1) is 0 Å². The van der Waals surface area contributed by atoms with Gasteiger partial charge in [0.1, 0.15) is 5.54 Å². The number of hydrogen-bond donors (Lipinski definition) is 2. The van der Waals surface area contributed by atoms with Crippen LogP contribution in [0.3, 0.4) is 0 Å². The molecule has 0 aromatic carbocycles. The fourth-order valence-electron chi connectivity index (χ4n) is 2.46. The summed E-state index contributed by atoms with van der Waals surface area (Å²) in [5.74, 6) is -0.129. The van der Waals surface area contributed by atoms with E-state index in [-0.39, 0.29) is 24.3 Å². The van der Waals surface area contributed by atoms with Gasteiger partial charge < -0.3 is 10.6 Å². The van der Waals surface area contributed by atoms with Crippen molar-refractivity contribution in [3.8, 4) is 0 Å². The maximum absolute atomic E-state index is 12.0. The first-order valence-electron chi connectivity index (χ1n) is 6.51. The highest BCUT2D eigenvalue weighted by Crippen LogP contribution is 2.16. The Morgan fingerprint density at radius 3 is 2.53 bits per heavy atom. The van der Waals surface area contributed by atoms with Gasteiger partial charge in [-0.15, -0.1) is 12.4 Å². The fraction of sp³-hybridized carbons (Fsp3) is 0.833. The molecule has 1 atom stereocenters. The van der Waals surface area contributed by atoms with Gasteiger partial charge in [0.2, 0.25) is 0 Å². The first kappa shape index (κ1) is 16.2. The first-order valence-corrected chi connectivity index (χ1v) is 6.51. The van der Waals surface area contributed by atoms with Crippen LogP contribution in [0.2, 0.25) is 0 Å². The van der Waals surface area contributed by atoms with E-state index in [1.165, 1.54) is 4.90 Å². The lowest BCUT2D eigenvalue weighted by Gasteiger charge is -2.34. The highest BCUT2D eigenvalue weighted by atomic mass is 35.5. The van der Waals surface area contributed by atoms with E-state index in [1.54, 1.807) is 13.8 Å². The van der Waals surface area contributed by atoms with Crippen LogP contribution in [-0.2, 0) is 4.79 Å². The molecule has 0 aromatic heterocycles. The van der Waals surface area contributed by atoms with Crippen LogP contribution in [0.25, 0.3) is 0 Å². The smallest absolute Gasteiger partial charge is 0.324 e. The van der Waals surface area contributed by atoms with E-state index in [9.17, 15) is 9.59 Å². The maximum Gasteiger partial charge on any atom is 0.325 e. The Labute approximate surface area is 120 Å². The monoisotopic (exact) mass is 290 g/mol. The largest absolute Gasteiger partial charge is 0.325 e. The maximum atomic E-state index is 12.0. The van der Waals surface area contributed by atoms with Gasteiger partial charge >= 0.3 is 6.03 Å². The molecule has 3 amide bonds. The van der Waals surface area contributed by atoms with Gasteiger partial charge in [0.15, 0.2) is 0 Å². The molecule has 110 valence electrons. The molecule has 19 heavy (non-hydrogen) atoms. The fourth-order valence-corrected chi connectivity index (χ4v) is 2.46. The molecular formula is C12H23ClN4O2. The van der Waals surface area contributed by atoms with E-state index in [2.05, 4.69) is 22.5 Å². The van der Waals surface area contributed by atoms with Crippen molar-refractivity contribution in [1.29, 1.82) is 0 Å². The molecule has 0 bridgehead atoms. The third-order valence-electron chi connectivity index (χ3n) is 3.69. The third kappa shape index (κ3) is 3.38. The van der Waals surface area contributed by atoms with Crippen molar-refractivity contribution in [2.75, 3.05) is 32.7 Å². The second-order valence-corrected chi connectivity index (χ2v) is 5.60. The summed E-state index contributed by atoms with van der Waals surface area (Å²) in [5, 5.41) is 6.02. The van der Waals surface area contributed by atoms with Gasteiger partial charge in [-0.1, -0.05) is 0 Å². The number of amides is 3. The Bertz CT molecular complexity index is 362. The van der Waals surface area contributed by atoms with Crippen molar-refractivity contribution in [2.24, 2.45) is 0 Å². The SMILES string of the molecule is C[C@@H]1CNCCN1CCN1C(=O)NC(C)(C)C1=O.Cl. The average molecular weight is 291 g/mol. The molecule has 0 spiro atoms. The lowest BCUT2D eigenvalue weighted by Crippen LogP contribution is -2.52. The molecule has 0 radical (unpaired) electrons. The Hall–Kier alpha value is -0.850. The van der Waals surface area contributed by atoms with Crippen molar-refractivity contribution >= 4 is 24.3 Å². The quantitative estimate of drug-likeness (QED) is 0.720. The number of rotatable bonds is 3. The van der Waals surface area contributed by atoms with E-state index >= 15 is 0 Å². The number of imide groups is 1. The number of halogens is 1. The van der Waals surface area contributed by atoms with Crippen LogP contribution in [0, 0.1) is 0 Å². The molecule has 2 aliphatic rings. The van der Waals surface area contributed by atoms with Gasteiger partial charge in [-0.25, -0.2) is 4.79 Å². The van der Waals surface area contributed by atoms with Gasteiger partial charge in [0, 0.05) is 38.8 Å². The summed E-state index contributed by atoms with van der Waals surface area (Å²) in [6.45, 7) is 9.75. The topological polar surface area (TPSA) is 64.7 Å². The summed E-state index contributed by atoms with van der Waals surface area (Å²) in [7, 11) is 0. The molecule has 0 aromatic rings. The number of nitrogens with one attached hydrogen (secondary N) is 2. The number of carbonyl (C=O) groups is 2. The lowest BCUT2D eigenvalue weighted by atomic mass is 10.1. The minimum Gasteiger partial charge on any atom is -0.324 e. The molecule has 7 heteroatoms. The first-order chi connectivity index (χ1) is 8.42. The zero-order chi connectivity index (χ0) is 13.3. The molecule has 2 fully saturated rings. The van der Waals surface area contributed by atoms with Crippen LogP contribution in [0.1, 0.15) is 20.8 Å². The van der Waals surface area contributed by atoms with Crippen LogP contribution >= 0.6 is 12.4 Å². The highest BCUT2D eigenvalue weighted by Gasteiger charge is 2.44. The predicted octanol–water partition coefficient (Wildman–Crippen LogP) is 0.0323. The van der Waals surface area contributed by atoms with Crippen LogP contribution in [0.4, 0.5) is 4.79 Å². The van der Waals surface area contributed by atoms with Gasteiger partial charge in [-0.3, -0.25) is 14.6 Å². The summed E-state index contributed by atoms with van der Waals surface area (Å²) in [5.41, 5.74) is -0.758. The summed E-state index contributed by atoms with van der Waals surface area (Å²) in [4.78, 5) is 27.4. The number of carbonyl (C=O) groups excluding carboxylic acids is 2. The van der Waals surface area contributed by atoms with Crippen molar-refractivity contribution in [3.63, 3.8) is 0 Å². The third-order valence-corrected chi connectivity index (χ3v) is 3.69. The Kier molecular flexibility index (Phi) is 5.18. The average Bonchev–Trinajstić information content (AvgIpc) is 2.49. The molecule has 6 nitrogen and oxygen atoms in total. The number of piperazine rings is 1. The van der Waals surface area contributed by atoms with Crippen LogP contribution in [-0.4, -0.2) is 66.0 Å². The molecular weight excluding hydrogens is 268 g/mol. The molecule has 2 rings (SSSR count). The Morgan fingerprint density at radius 1 is 1.32 bits per heavy atom. The molecule has 2 aliphatic heterocycles.